The van der Waals surface area contributed by atoms with Gasteiger partial charge in [-0.05, 0) is 67.6 Å². The van der Waals surface area contributed by atoms with Crippen molar-refractivity contribution in [2.75, 3.05) is 11.3 Å². The standard InChI is InChI=1S/C19H24ClNO3S/c1-6-24-18-10-13(4)15(12(2)3)11-19(18)25(22,23)21-17-9-7-8-16(20)14(17)5/h7-12,21H,6H2,1-5H3. The Morgan fingerprint density at radius 2 is 1.88 bits per heavy atom. The molecule has 0 fully saturated rings. The fourth-order valence-electron chi connectivity index (χ4n) is 2.70. The minimum absolute atomic E-state index is 0.142. The van der Waals surface area contributed by atoms with Crippen LogP contribution in [0.1, 0.15) is 43.4 Å². The molecular weight excluding hydrogens is 358 g/mol. The molecule has 0 unspecified atom stereocenters. The van der Waals surface area contributed by atoms with Crippen molar-refractivity contribution in [3.05, 3.63) is 52.0 Å². The van der Waals surface area contributed by atoms with E-state index in [1.165, 1.54) is 0 Å². The molecule has 0 radical (unpaired) electrons. The highest BCUT2D eigenvalue weighted by atomic mass is 35.5. The summed E-state index contributed by atoms with van der Waals surface area (Å²) in [6.45, 7) is 10.0. The molecule has 0 aliphatic heterocycles. The Bertz CT molecular complexity index is 876. The average molecular weight is 382 g/mol. The van der Waals surface area contributed by atoms with E-state index in [0.717, 1.165) is 11.1 Å². The fraction of sp³-hybridized carbons (Fsp3) is 0.368. The van der Waals surface area contributed by atoms with Crippen molar-refractivity contribution in [2.24, 2.45) is 0 Å². The summed E-state index contributed by atoms with van der Waals surface area (Å²) in [5.74, 6) is 0.564. The number of sulfonamides is 1. The third-order valence-electron chi connectivity index (χ3n) is 4.06. The zero-order valence-corrected chi connectivity index (χ0v) is 16.8. The molecular formula is C19H24ClNO3S. The number of hydrogen-bond donors (Lipinski definition) is 1. The van der Waals surface area contributed by atoms with E-state index in [4.69, 9.17) is 16.3 Å². The molecule has 0 saturated carbocycles. The van der Waals surface area contributed by atoms with Crippen molar-refractivity contribution >= 4 is 27.3 Å². The zero-order valence-electron chi connectivity index (χ0n) is 15.2. The van der Waals surface area contributed by atoms with Crippen LogP contribution in [0.2, 0.25) is 5.02 Å². The smallest absolute Gasteiger partial charge is 0.265 e. The van der Waals surface area contributed by atoms with E-state index in [1.807, 2.05) is 27.7 Å². The normalized spacial score (nSPS) is 11.6. The van der Waals surface area contributed by atoms with Gasteiger partial charge >= 0.3 is 0 Å². The largest absolute Gasteiger partial charge is 0.492 e. The van der Waals surface area contributed by atoms with Gasteiger partial charge in [-0.2, -0.15) is 0 Å². The number of hydrogen-bond acceptors (Lipinski definition) is 3. The second kappa shape index (κ2) is 7.67. The van der Waals surface area contributed by atoms with Gasteiger partial charge in [-0.1, -0.05) is 31.5 Å². The summed E-state index contributed by atoms with van der Waals surface area (Å²) in [5, 5.41) is 0.511. The number of aryl methyl sites for hydroxylation is 1. The first-order chi connectivity index (χ1) is 11.7. The molecule has 0 amide bonds. The zero-order chi connectivity index (χ0) is 18.8. The Balaban J connectivity index is 2.57. The van der Waals surface area contributed by atoms with Gasteiger partial charge in [0.1, 0.15) is 10.6 Å². The Hall–Kier alpha value is -1.72. The molecule has 0 aliphatic rings. The van der Waals surface area contributed by atoms with Gasteiger partial charge in [0.05, 0.1) is 12.3 Å². The average Bonchev–Trinajstić information content (AvgIpc) is 2.51. The molecule has 136 valence electrons. The summed E-state index contributed by atoms with van der Waals surface area (Å²) in [6.07, 6.45) is 0. The molecule has 0 spiro atoms. The van der Waals surface area contributed by atoms with E-state index in [2.05, 4.69) is 4.72 Å². The molecule has 2 aromatic carbocycles. The van der Waals surface area contributed by atoms with Crippen molar-refractivity contribution in [1.82, 2.24) is 0 Å². The van der Waals surface area contributed by atoms with E-state index < -0.39 is 10.0 Å². The van der Waals surface area contributed by atoms with Crippen LogP contribution in [0.15, 0.2) is 35.2 Å². The summed E-state index contributed by atoms with van der Waals surface area (Å²) in [4.78, 5) is 0.142. The Morgan fingerprint density at radius 1 is 1.20 bits per heavy atom. The lowest BCUT2D eigenvalue weighted by molar-refractivity contribution is 0.330. The first-order valence-electron chi connectivity index (χ1n) is 8.22. The van der Waals surface area contributed by atoms with Crippen molar-refractivity contribution in [3.63, 3.8) is 0 Å². The summed E-state index contributed by atoms with van der Waals surface area (Å²) >= 11 is 6.10. The maximum Gasteiger partial charge on any atom is 0.265 e. The van der Waals surface area contributed by atoms with Gasteiger partial charge in [0.15, 0.2) is 0 Å². The molecule has 4 nitrogen and oxygen atoms in total. The molecule has 2 rings (SSSR count). The van der Waals surface area contributed by atoms with Crippen LogP contribution < -0.4 is 9.46 Å². The van der Waals surface area contributed by atoms with Crippen molar-refractivity contribution in [2.45, 2.75) is 45.4 Å². The van der Waals surface area contributed by atoms with E-state index in [1.54, 1.807) is 37.3 Å². The summed E-state index contributed by atoms with van der Waals surface area (Å²) in [5.41, 5.74) is 3.13. The van der Waals surface area contributed by atoms with Crippen LogP contribution in [0.5, 0.6) is 5.75 Å². The van der Waals surface area contributed by atoms with Crippen LogP contribution in [0.25, 0.3) is 0 Å². The van der Waals surface area contributed by atoms with Crippen LogP contribution in [0.4, 0.5) is 5.69 Å². The predicted octanol–water partition coefficient (Wildman–Crippen LogP) is 5.28. The lowest BCUT2D eigenvalue weighted by atomic mass is 9.98. The van der Waals surface area contributed by atoms with E-state index in [-0.39, 0.29) is 10.8 Å². The Labute approximate surface area is 155 Å². The molecule has 2 aromatic rings. The van der Waals surface area contributed by atoms with Gasteiger partial charge in [0.25, 0.3) is 10.0 Å². The number of nitrogens with one attached hydrogen (secondary N) is 1. The third kappa shape index (κ3) is 4.28. The highest BCUT2D eigenvalue weighted by Gasteiger charge is 2.23. The molecule has 0 aliphatic carbocycles. The third-order valence-corrected chi connectivity index (χ3v) is 5.85. The molecule has 0 atom stereocenters. The highest BCUT2D eigenvalue weighted by molar-refractivity contribution is 7.92. The predicted molar refractivity (Wildman–Crippen MR) is 103 cm³/mol. The minimum atomic E-state index is -3.81. The number of anilines is 1. The minimum Gasteiger partial charge on any atom is -0.492 e. The van der Waals surface area contributed by atoms with Gasteiger partial charge in [-0.15, -0.1) is 0 Å². The van der Waals surface area contributed by atoms with E-state index >= 15 is 0 Å². The molecule has 1 N–H and O–H groups in total. The Morgan fingerprint density at radius 3 is 2.48 bits per heavy atom. The molecule has 0 saturated heterocycles. The maximum absolute atomic E-state index is 13.0. The molecule has 0 bridgehead atoms. The SMILES string of the molecule is CCOc1cc(C)c(C(C)C)cc1S(=O)(=O)Nc1cccc(Cl)c1C. The summed E-state index contributed by atoms with van der Waals surface area (Å²) < 4.78 is 34.2. The second-order valence-electron chi connectivity index (χ2n) is 6.26. The van der Waals surface area contributed by atoms with Gasteiger partial charge < -0.3 is 4.74 Å². The molecule has 0 heterocycles. The van der Waals surface area contributed by atoms with Gasteiger partial charge in [-0.25, -0.2) is 8.42 Å². The second-order valence-corrected chi connectivity index (χ2v) is 8.32. The highest BCUT2D eigenvalue weighted by Crippen LogP contribution is 2.33. The topological polar surface area (TPSA) is 55.4 Å². The van der Waals surface area contributed by atoms with Crippen molar-refractivity contribution in [3.8, 4) is 5.75 Å². The maximum atomic E-state index is 13.0. The van der Waals surface area contributed by atoms with Crippen LogP contribution in [-0.4, -0.2) is 15.0 Å². The van der Waals surface area contributed by atoms with Crippen molar-refractivity contribution in [1.29, 1.82) is 0 Å². The number of halogens is 1. The number of benzene rings is 2. The van der Waals surface area contributed by atoms with Crippen LogP contribution in [0, 0.1) is 13.8 Å². The molecule has 0 aromatic heterocycles. The quantitative estimate of drug-likeness (QED) is 0.740. The number of ether oxygens (including phenoxy) is 1. The number of rotatable bonds is 6. The lowest BCUT2D eigenvalue weighted by Gasteiger charge is -2.18. The van der Waals surface area contributed by atoms with Gasteiger partial charge in [-0.3, -0.25) is 4.72 Å². The lowest BCUT2D eigenvalue weighted by Crippen LogP contribution is -2.16. The van der Waals surface area contributed by atoms with E-state index in [0.29, 0.717) is 28.6 Å². The summed E-state index contributed by atoms with van der Waals surface area (Å²) in [6, 6.07) is 8.62. The van der Waals surface area contributed by atoms with E-state index in [9.17, 15) is 8.42 Å². The van der Waals surface area contributed by atoms with Gasteiger partial charge in [0.2, 0.25) is 0 Å². The van der Waals surface area contributed by atoms with Crippen LogP contribution >= 0.6 is 11.6 Å². The monoisotopic (exact) mass is 381 g/mol. The van der Waals surface area contributed by atoms with Crippen molar-refractivity contribution < 1.29 is 13.2 Å². The summed E-state index contributed by atoms with van der Waals surface area (Å²) in [7, 11) is -3.81. The van der Waals surface area contributed by atoms with Gasteiger partial charge in [0, 0.05) is 5.02 Å². The molecule has 25 heavy (non-hydrogen) atoms. The Kier molecular flexibility index (Phi) is 6.01. The first-order valence-corrected chi connectivity index (χ1v) is 10.1. The fourth-order valence-corrected chi connectivity index (χ4v) is 4.16. The first kappa shape index (κ1) is 19.6. The van der Waals surface area contributed by atoms with Crippen LogP contribution in [-0.2, 0) is 10.0 Å². The molecule has 6 heteroatoms. The van der Waals surface area contributed by atoms with Crippen LogP contribution in [0.3, 0.4) is 0 Å².